The van der Waals surface area contributed by atoms with E-state index in [-0.39, 0.29) is 11.5 Å². The average molecular weight is 426 g/mol. The molecule has 162 valence electrons. The third kappa shape index (κ3) is 4.72. The van der Waals surface area contributed by atoms with Crippen LogP contribution >= 0.6 is 0 Å². The summed E-state index contributed by atoms with van der Waals surface area (Å²) in [4.78, 5) is 17.5. The minimum Gasteiger partial charge on any atom is -0.497 e. The summed E-state index contributed by atoms with van der Waals surface area (Å²) < 4.78 is 6.78. The standard InChI is InChI=1S/C27H27N3O2/c1-30-26(31)24(17-19-8-4-3-5-9-19)25(29-27(30)28)15-14-20-10-6-11-21(16-20)22-12-7-13-23(18-22)32-2/h3-13,16,18H,14-15,17H2,1-2H3,(H2,28,29). The second-order valence-electron chi connectivity index (χ2n) is 7.85. The molecule has 0 unspecified atom stereocenters. The fraction of sp³-hybridized carbons (Fsp3) is 0.185. The molecule has 4 aromatic rings. The van der Waals surface area contributed by atoms with Crippen molar-refractivity contribution in [2.24, 2.45) is 7.05 Å². The third-order valence-corrected chi connectivity index (χ3v) is 5.71. The van der Waals surface area contributed by atoms with Crippen LogP contribution in [0.1, 0.15) is 22.4 Å². The van der Waals surface area contributed by atoms with Crippen molar-refractivity contribution in [2.45, 2.75) is 19.3 Å². The number of hydrogen-bond acceptors (Lipinski definition) is 4. The van der Waals surface area contributed by atoms with Crippen molar-refractivity contribution in [2.75, 3.05) is 12.8 Å². The Bertz CT molecular complexity index is 1280. The number of anilines is 1. The molecule has 0 saturated carbocycles. The molecule has 0 saturated heterocycles. The second-order valence-corrected chi connectivity index (χ2v) is 7.85. The SMILES string of the molecule is COc1cccc(-c2cccc(CCc3nc(N)n(C)c(=O)c3Cc3ccccc3)c2)c1. The normalized spacial score (nSPS) is 10.8. The van der Waals surface area contributed by atoms with E-state index in [1.165, 1.54) is 10.1 Å². The van der Waals surface area contributed by atoms with Gasteiger partial charge in [-0.25, -0.2) is 4.98 Å². The number of rotatable bonds is 7. The Kier molecular flexibility index (Phi) is 6.36. The van der Waals surface area contributed by atoms with Crippen LogP contribution in [-0.2, 0) is 26.3 Å². The Balaban J connectivity index is 1.60. The summed E-state index contributed by atoms with van der Waals surface area (Å²) in [5.74, 6) is 1.07. The zero-order valence-corrected chi connectivity index (χ0v) is 18.4. The van der Waals surface area contributed by atoms with Crippen molar-refractivity contribution in [1.82, 2.24) is 9.55 Å². The van der Waals surface area contributed by atoms with E-state index < -0.39 is 0 Å². The van der Waals surface area contributed by atoms with Crippen LogP contribution in [-0.4, -0.2) is 16.7 Å². The molecule has 4 rings (SSSR count). The van der Waals surface area contributed by atoms with Crippen LogP contribution in [0.2, 0.25) is 0 Å². The predicted molar refractivity (Wildman–Crippen MR) is 129 cm³/mol. The lowest BCUT2D eigenvalue weighted by Gasteiger charge is -2.13. The summed E-state index contributed by atoms with van der Waals surface area (Å²) in [6, 6.07) is 26.4. The Morgan fingerprint density at radius 3 is 2.31 bits per heavy atom. The van der Waals surface area contributed by atoms with E-state index in [1.807, 2.05) is 48.5 Å². The Labute approximate surface area is 188 Å². The van der Waals surface area contributed by atoms with E-state index >= 15 is 0 Å². The Hall–Kier alpha value is -3.86. The molecule has 3 aromatic carbocycles. The molecule has 0 amide bonds. The molecule has 0 radical (unpaired) electrons. The fourth-order valence-corrected chi connectivity index (χ4v) is 3.87. The van der Waals surface area contributed by atoms with Crippen LogP contribution in [0.3, 0.4) is 0 Å². The number of ether oxygens (including phenoxy) is 1. The first-order valence-electron chi connectivity index (χ1n) is 10.7. The van der Waals surface area contributed by atoms with Gasteiger partial charge in [0.2, 0.25) is 5.95 Å². The van der Waals surface area contributed by atoms with Crippen LogP contribution in [0.4, 0.5) is 5.95 Å². The second kappa shape index (κ2) is 9.52. The average Bonchev–Trinajstić information content (AvgIpc) is 2.84. The highest BCUT2D eigenvalue weighted by atomic mass is 16.5. The molecule has 1 heterocycles. The van der Waals surface area contributed by atoms with Crippen LogP contribution in [0.15, 0.2) is 83.7 Å². The highest BCUT2D eigenvalue weighted by molar-refractivity contribution is 5.65. The molecule has 32 heavy (non-hydrogen) atoms. The van der Waals surface area contributed by atoms with E-state index in [0.717, 1.165) is 34.6 Å². The number of nitrogens with zero attached hydrogens (tertiary/aromatic N) is 2. The first-order valence-corrected chi connectivity index (χ1v) is 10.7. The van der Waals surface area contributed by atoms with Gasteiger partial charge in [0.15, 0.2) is 0 Å². The molecular weight excluding hydrogens is 398 g/mol. The van der Waals surface area contributed by atoms with E-state index in [0.29, 0.717) is 18.4 Å². The van der Waals surface area contributed by atoms with Gasteiger partial charge in [-0.2, -0.15) is 0 Å². The number of nitrogen functional groups attached to an aromatic ring is 1. The summed E-state index contributed by atoms with van der Waals surface area (Å²) >= 11 is 0. The van der Waals surface area contributed by atoms with Gasteiger partial charge < -0.3 is 10.5 Å². The molecule has 0 aliphatic rings. The van der Waals surface area contributed by atoms with Crippen LogP contribution in [0.25, 0.3) is 11.1 Å². The number of methoxy groups -OCH3 is 1. The lowest BCUT2D eigenvalue weighted by molar-refractivity contribution is 0.415. The minimum absolute atomic E-state index is 0.0820. The number of nitrogens with two attached hydrogens (primary N) is 1. The van der Waals surface area contributed by atoms with Gasteiger partial charge in [0.1, 0.15) is 5.75 Å². The van der Waals surface area contributed by atoms with Crippen molar-refractivity contribution < 1.29 is 4.74 Å². The lowest BCUT2D eigenvalue weighted by atomic mass is 9.98. The molecule has 5 heteroatoms. The molecule has 1 aromatic heterocycles. The molecule has 5 nitrogen and oxygen atoms in total. The summed E-state index contributed by atoms with van der Waals surface area (Å²) in [5, 5.41) is 0. The summed E-state index contributed by atoms with van der Waals surface area (Å²) in [6.07, 6.45) is 1.95. The van der Waals surface area contributed by atoms with Crippen LogP contribution < -0.4 is 16.0 Å². The minimum atomic E-state index is -0.0820. The van der Waals surface area contributed by atoms with Crippen molar-refractivity contribution in [1.29, 1.82) is 0 Å². The third-order valence-electron chi connectivity index (χ3n) is 5.71. The summed E-state index contributed by atoms with van der Waals surface area (Å²) in [7, 11) is 3.34. The topological polar surface area (TPSA) is 70.1 Å². The maximum absolute atomic E-state index is 13.0. The fourth-order valence-electron chi connectivity index (χ4n) is 3.87. The van der Waals surface area contributed by atoms with E-state index in [9.17, 15) is 4.79 Å². The van der Waals surface area contributed by atoms with E-state index in [1.54, 1.807) is 14.2 Å². The zero-order chi connectivity index (χ0) is 22.5. The summed E-state index contributed by atoms with van der Waals surface area (Å²) in [5.41, 5.74) is 11.9. The lowest BCUT2D eigenvalue weighted by Crippen LogP contribution is -2.27. The van der Waals surface area contributed by atoms with Gasteiger partial charge >= 0.3 is 0 Å². The zero-order valence-electron chi connectivity index (χ0n) is 18.4. The maximum Gasteiger partial charge on any atom is 0.258 e. The Morgan fingerprint density at radius 2 is 1.56 bits per heavy atom. The number of aryl methyl sites for hydroxylation is 2. The molecule has 0 spiro atoms. The monoisotopic (exact) mass is 425 g/mol. The molecule has 0 atom stereocenters. The largest absolute Gasteiger partial charge is 0.497 e. The Morgan fingerprint density at radius 1 is 0.875 bits per heavy atom. The highest BCUT2D eigenvalue weighted by Gasteiger charge is 2.14. The van der Waals surface area contributed by atoms with E-state index in [4.69, 9.17) is 10.5 Å². The van der Waals surface area contributed by atoms with E-state index in [2.05, 4.69) is 35.3 Å². The van der Waals surface area contributed by atoms with Crippen molar-refractivity contribution >= 4 is 5.95 Å². The first kappa shape index (κ1) is 21.4. The molecule has 0 aliphatic carbocycles. The van der Waals surface area contributed by atoms with Crippen molar-refractivity contribution in [3.05, 3.63) is 112 Å². The predicted octanol–water partition coefficient (Wildman–Crippen LogP) is 4.41. The van der Waals surface area contributed by atoms with Gasteiger partial charge in [-0.3, -0.25) is 9.36 Å². The van der Waals surface area contributed by atoms with Crippen LogP contribution in [0.5, 0.6) is 5.75 Å². The quantitative estimate of drug-likeness (QED) is 0.476. The first-order chi connectivity index (χ1) is 15.5. The van der Waals surface area contributed by atoms with Gasteiger partial charge in [0.25, 0.3) is 5.56 Å². The molecule has 0 bridgehead atoms. The van der Waals surface area contributed by atoms with Gasteiger partial charge in [-0.05, 0) is 47.2 Å². The number of hydrogen-bond donors (Lipinski definition) is 1. The molecule has 0 aliphatic heterocycles. The van der Waals surface area contributed by atoms with Crippen molar-refractivity contribution in [3.8, 4) is 16.9 Å². The highest BCUT2D eigenvalue weighted by Crippen LogP contribution is 2.25. The number of aromatic nitrogens is 2. The molecular formula is C27H27N3O2. The smallest absolute Gasteiger partial charge is 0.258 e. The van der Waals surface area contributed by atoms with Gasteiger partial charge in [-0.15, -0.1) is 0 Å². The van der Waals surface area contributed by atoms with Gasteiger partial charge in [0.05, 0.1) is 12.8 Å². The van der Waals surface area contributed by atoms with Crippen molar-refractivity contribution in [3.63, 3.8) is 0 Å². The maximum atomic E-state index is 13.0. The molecule has 2 N–H and O–H groups in total. The van der Waals surface area contributed by atoms with Gasteiger partial charge in [0, 0.05) is 19.0 Å². The number of benzene rings is 3. The summed E-state index contributed by atoms with van der Waals surface area (Å²) in [6.45, 7) is 0. The van der Waals surface area contributed by atoms with Crippen LogP contribution in [0, 0.1) is 0 Å². The van der Waals surface area contributed by atoms with Gasteiger partial charge in [-0.1, -0.05) is 66.7 Å². The molecule has 0 fully saturated rings.